The number of aryl methyl sites for hydroxylation is 1. The Morgan fingerprint density at radius 2 is 2.40 bits per heavy atom. The first-order valence-electron chi connectivity index (χ1n) is 5.02. The zero-order valence-electron chi connectivity index (χ0n) is 8.97. The predicted molar refractivity (Wildman–Crippen MR) is 64.3 cm³/mol. The molecule has 1 unspecified atom stereocenters. The van der Waals surface area contributed by atoms with Crippen LogP contribution in [0.25, 0.3) is 0 Å². The number of aromatic nitrogens is 2. The summed E-state index contributed by atoms with van der Waals surface area (Å²) in [5, 5.41) is 9.78. The third-order valence-electron chi connectivity index (χ3n) is 2.20. The monoisotopic (exact) mass is 221 g/mol. The van der Waals surface area contributed by atoms with Gasteiger partial charge in [-0.1, -0.05) is 6.07 Å². The molecule has 0 aliphatic rings. The fourth-order valence-electron chi connectivity index (χ4n) is 1.53. The van der Waals surface area contributed by atoms with Gasteiger partial charge in [-0.25, -0.2) is 0 Å². The van der Waals surface area contributed by atoms with E-state index in [1.54, 1.807) is 16.0 Å². The van der Waals surface area contributed by atoms with Gasteiger partial charge in [-0.15, -0.1) is 11.3 Å². The molecule has 4 heteroatoms. The highest BCUT2D eigenvalue weighted by Crippen LogP contribution is 2.13. The molecule has 0 aliphatic heterocycles. The van der Waals surface area contributed by atoms with E-state index in [0.29, 0.717) is 6.04 Å². The molecular weight excluding hydrogens is 206 g/mol. The van der Waals surface area contributed by atoms with Crippen LogP contribution in [0.2, 0.25) is 0 Å². The fourth-order valence-corrected chi connectivity index (χ4v) is 2.36. The van der Waals surface area contributed by atoms with Crippen LogP contribution in [0.15, 0.2) is 29.8 Å². The lowest BCUT2D eigenvalue weighted by atomic mass is 10.2. The maximum Gasteiger partial charge on any atom is 0.148 e. The van der Waals surface area contributed by atoms with Crippen molar-refractivity contribution in [3.05, 3.63) is 34.7 Å². The van der Waals surface area contributed by atoms with Crippen molar-refractivity contribution < 1.29 is 0 Å². The normalized spacial score (nSPS) is 12.7. The van der Waals surface area contributed by atoms with Gasteiger partial charge in [-0.05, 0) is 18.4 Å². The summed E-state index contributed by atoms with van der Waals surface area (Å²) in [6.45, 7) is 2.17. The molecular formula is C11H15N3S. The van der Waals surface area contributed by atoms with Crippen LogP contribution in [-0.4, -0.2) is 15.8 Å². The summed E-state index contributed by atoms with van der Waals surface area (Å²) in [6.07, 6.45) is 2.99. The summed E-state index contributed by atoms with van der Waals surface area (Å²) in [5.74, 6) is 0.946. The Hall–Kier alpha value is -1.29. The van der Waals surface area contributed by atoms with E-state index in [1.165, 1.54) is 4.88 Å². The largest absolute Gasteiger partial charge is 0.366 e. The van der Waals surface area contributed by atoms with Crippen LogP contribution in [0, 0.1) is 0 Å². The Morgan fingerprint density at radius 1 is 1.53 bits per heavy atom. The molecule has 2 aromatic rings. The Morgan fingerprint density at radius 3 is 3.00 bits per heavy atom. The predicted octanol–water partition coefficient (Wildman–Crippen LogP) is 2.52. The van der Waals surface area contributed by atoms with E-state index in [9.17, 15) is 0 Å². The van der Waals surface area contributed by atoms with Crippen molar-refractivity contribution in [2.75, 3.05) is 5.32 Å². The molecule has 0 radical (unpaired) electrons. The lowest BCUT2D eigenvalue weighted by molar-refractivity contribution is 0.748. The number of hydrogen-bond acceptors (Lipinski definition) is 3. The van der Waals surface area contributed by atoms with Gasteiger partial charge in [0.15, 0.2) is 0 Å². The molecule has 0 saturated heterocycles. The van der Waals surface area contributed by atoms with Gasteiger partial charge in [0.25, 0.3) is 0 Å². The van der Waals surface area contributed by atoms with Crippen LogP contribution in [0.3, 0.4) is 0 Å². The van der Waals surface area contributed by atoms with Gasteiger partial charge < -0.3 is 5.32 Å². The lowest BCUT2D eigenvalue weighted by Crippen LogP contribution is -2.17. The summed E-state index contributed by atoms with van der Waals surface area (Å²) in [4.78, 5) is 1.41. The van der Waals surface area contributed by atoms with Crippen molar-refractivity contribution in [1.29, 1.82) is 0 Å². The Bertz CT molecular complexity index is 405. The third-order valence-corrected chi connectivity index (χ3v) is 3.09. The molecule has 2 aromatic heterocycles. The van der Waals surface area contributed by atoms with Gasteiger partial charge in [-0.3, -0.25) is 4.68 Å². The van der Waals surface area contributed by atoms with Crippen molar-refractivity contribution in [3.8, 4) is 0 Å². The first kappa shape index (κ1) is 10.2. The van der Waals surface area contributed by atoms with E-state index in [2.05, 4.69) is 34.9 Å². The van der Waals surface area contributed by atoms with Crippen molar-refractivity contribution in [3.63, 3.8) is 0 Å². The van der Waals surface area contributed by atoms with Crippen molar-refractivity contribution in [2.24, 2.45) is 7.05 Å². The molecule has 0 bridgehead atoms. The van der Waals surface area contributed by atoms with E-state index in [-0.39, 0.29) is 0 Å². The summed E-state index contributed by atoms with van der Waals surface area (Å²) in [6, 6.07) is 6.67. The van der Waals surface area contributed by atoms with Crippen LogP contribution in [-0.2, 0) is 13.5 Å². The first-order chi connectivity index (χ1) is 7.24. The molecule has 0 amide bonds. The number of nitrogens with one attached hydrogen (secondary N) is 1. The molecule has 80 valence electrons. The number of nitrogens with zero attached hydrogens (tertiary/aromatic N) is 2. The smallest absolute Gasteiger partial charge is 0.148 e. The Balaban J connectivity index is 1.90. The van der Waals surface area contributed by atoms with E-state index in [4.69, 9.17) is 0 Å². The van der Waals surface area contributed by atoms with E-state index < -0.39 is 0 Å². The second kappa shape index (κ2) is 4.49. The zero-order valence-corrected chi connectivity index (χ0v) is 9.79. The molecule has 0 aromatic carbocycles. The topological polar surface area (TPSA) is 29.9 Å². The van der Waals surface area contributed by atoms with Crippen molar-refractivity contribution in [2.45, 2.75) is 19.4 Å². The van der Waals surface area contributed by atoms with Gasteiger partial charge in [-0.2, -0.15) is 5.10 Å². The summed E-state index contributed by atoms with van der Waals surface area (Å²) in [7, 11) is 1.93. The van der Waals surface area contributed by atoms with Crippen LogP contribution in [0.4, 0.5) is 5.82 Å². The van der Waals surface area contributed by atoms with Crippen LogP contribution in [0.5, 0.6) is 0 Å². The third kappa shape index (κ3) is 2.83. The number of rotatable bonds is 4. The quantitative estimate of drug-likeness (QED) is 0.859. The molecule has 0 spiro atoms. The molecule has 0 saturated carbocycles. The standard InChI is InChI=1S/C11H15N3S/c1-9(8-10-4-3-7-15-10)12-11-5-6-14(2)13-11/h3-7,9H,8H2,1-2H3,(H,12,13). The maximum atomic E-state index is 4.29. The minimum Gasteiger partial charge on any atom is -0.366 e. The van der Waals surface area contributed by atoms with E-state index in [1.807, 2.05) is 19.3 Å². The first-order valence-corrected chi connectivity index (χ1v) is 5.90. The minimum absolute atomic E-state index is 0.415. The number of hydrogen-bond donors (Lipinski definition) is 1. The average molecular weight is 221 g/mol. The zero-order chi connectivity index (χ0) is 10.7. The van der Waals surface area contributed by atoms with E-state index in [0.717, 1.165) is 12.2 Å². The van der Waals surface area contributed by atoms with Gasteiger partial charge in [0.1, 0.15) is 5.82 Å². The molecule has 2 rings (SSSR count). The number of thiophene rings is 1. The molecule has 1 atom stereocenters. The molecule has 3 nitrogen and oxygen atoms in total. The van der Waals surface area contributed by atoms with Gasteiger partial charge >= 0.3 is 0 Å². The Kier molecular flexibility index (Phi) is 3.06. The van der Waals surface area contributed by atoms with Crippen LogP contribution >= 0.6 is 11.3 Å². The highest BCUT2D eigenvalue weighted by atomic mass is 32.1. The average Bonchev–Trinajstić information content (AvgIpc) is 2.77. The molecule has 0 aliphatic carbocycles. The van der Waals surface area contributed by atoms with Crippen LogP contribution < -0.4 is 5.32 Å². The van der Waals surface area contributed by atoms with E-state index >= 15 is 0 Å². The summed E-state index contributed by atoms with van der Waals surface area (Å²) < 4.78 is 1.81. The van der Waals surface area contributed by atoms with Gasteiger partial charge in [0.2, 0.25) is 0 Å². The second-order valence-corrected chi connectivity index (χ2v) is 4.74. The second-order valence-electron chi connectivity index (χ2n) is 3.70. The summed E-state index contributed by atoms with van der Waals surface area (Å²) >= 11 is 1.80. The highest BCUT2D eigenvalue weighted by Gasteiger charge is 2.05. The van der Waals surface area contributed by atoms with Gasteiger partial charge in [0.05, 0.1) is 0 Å². The van der Waals surface area contributed by atoms with Crippen molar-refractivity contribution in [1.82, 2.24) is 9.78 Å². The molecule has 15 heavy (non-hydrogen) atoms. The minimum atomic E-state index is 0.415. The van der Waals surface area contributed by atoms with Crippen LogP contribution in [0.1, 0.15) is 11.8 Å². The maximum absolute atomic E-state index is 4.29. The SMILES string of the molecule is CC(Cc1cccs1)Nc1ccn(C)n1. The molecule has 0 fully saturated rings. The fraction of sp³-hybridized carbons (Fsp3) is 0.364. The summed E-state index contributed by atoms with van der Waals surface area (Å²) in [5.41, 5.74) is 0. The molecule has 1 N–H and O–H groups in total. The Labute approximate surface area is 93.7 Å². The molecule has 2 heterocycles. The van der Waals surface area contributed by atoms with Crippen molar-refractivity contribution >= 4 is 17.2 Å². The highest BCUT2D eigenvalue weighted by molar-refractivity contribution is 7.09. The lowest BCUT2D eigenvalue weighted by Gasteiger charge is -2.11. The van der Waals surface area contributed by atoms with Gasteiger partial charge in [0, 0.05) is 36.7 Å². The number of anilines is 1.